The van der Waals surface area contributed by atoms with Gasteiger partial charge in [-0.2, -0.15) is 0 Å². The number of hydrogen-bond acceptors (Lipinski definition) is 7. The van der Waals surface area contributed by atoms with Gasteiger partial charge in [-0.15, -0.1) is 0 Å². The Labute approximate surface area is 128 Å². The van der Waals surface area contributed by atoms with Crippen molar-refractivity contribution in [3.8, 4) is 0 Å². The van der Waals surface area contributed by atoms with Crippen LogP contribution in [0.25, 0.3) is 0 Å². The summed E-state index contributed by atoms with van der Waals surface area (Å²) in [5, 5.41) is 0. The van der Waals surface area contributed by atoms with Crippen molar-refractivity contribution in [3.05, 3.63) is 0 Å². The van der Waals surface area contributed by atoms with Crippen LogP contribution in [0.4, 0.5) is 0 Å². The van der Waals surface area contributed by atoms with Gasteiger partial charge in [-0.1, -0.05) is 50.2 Å². The fourth-order valence-electron chi connectivity index (χ4n) is 0.720. The van der Waals surface area contributed by atoms with Gasteiger partial charge in [-0.25, -0.2) is 0 Å². The zero-order chi connectivity index (χ0) is 12.9. The molecule has 0 spiro atoms. The molecule has 0 bridgehead atoms. The molecule has 0 heterocycles. The van der Waals surface area contributed by atoms with Gasteiger partial charge < -0.3 is 8.37 Å². The second-order valence-electron chi connectivity index (χ2n) is 3.14. The van der Waals surface area contributed by atoms with E-state index in [0.717, 1.165) is 49.5 Å². The first-order chi connectivity index (χ1) is 8.20. The van der Waals surface area contributed by atoms with Crippen molar-refractivity contribution < 1.29 is 8.37 Å². The van der Waals surface area contributed by atoms with Gasteiger partial charge in [0.15, 0.2) is 0 Å². The Hall–Kier alpha value is 0.830. The lowest BCUT2D eigenvalue weighted by molar-refractivity contribution is 0.564. The third-order valence-corrected chi connectivity index (χ3v) is 5.03. The summed E-state index contributed by atoms with van der Waals surface area (Å²) < 4.78 is 11.3. The Kier molecular flexibility index (Phi) is 13.9. The third kappa shape index (κ3) is 13.1. The van der Waals surface area contributed by atoms with Crippen molar-refractivity contribution in [1.29, 1.82) is 0 Å². The molecule has 0 aromatic carbocycles. The van der Waals surface area contributed by atoms with E-state index in [4.69, 9.17) is 32.8 Å². The third-order valence-electron chi connectivity index (χ3n) is 1.64. The van der Waals surface area contributed by atoms with Crippen LogP contribution in [0.15, 0.2) is 0 Å². The monoisotopic (exact) mass is 330 g/mol. The zero-order valence-corrected chi connectivity index (χ0v) is 14.2. The minimum absolute atomic E-state index is 0.504. The second kappa shape index (κ2) is 13.3. The van der Waals surface area contributed by atoms with Crippen LogP contribution in [0.2, 0.25) is 0 Å². The zero-order valence-electron chi connectivity index (χ0n) is 10.1. The SMILES string of the molecule is CCCCSC(=S)OSOC(=S)SCCCC. The first-order valence-corrected chi connectivity index (χ1v) is 9.00. The maximum atomic E-state index is 5.15. The summed E-state index contributed by atoms with van der Waals surface area (Å²) in [5.41, 5.74) is 0. The van der Waals surface area contributed by atoms with Gasteiger partial charge in [0.25, 0.3) is 12.3 Å². The van der Waals surface area contributed by atoms with Crippen LogP contribution < -0.4 is 0 Å². The minimum Gasteiger partial charge on any atom is -0.372 e. The lowest BCUT2D eigenvalue weighted by Crippen LogP contribution is -1.96. The summed E-state index contributed by atoms with van der Waals surface area (Å²) >= 11 is 14.0. The van der Waals surface area contributed by atoms with Crippen molar-refractivity contribution in [2.45, 2.75) is 39.5 Å². The predicted molar refractivity (Wildman–Crippen MR) is 89.7 cm³/mol. The summed E-state index contributed by atoms with van der Waals surface area (Å²) in [6.07, 6.45) is 4.62. The summed E-state index contributed by atoms with van der Waals surface area (Å²) in [7, 11) is 0. The summed E-state index contributed by atoms with van der Waals surface area (Å²) in [5.74, 6) is 1.98. The molecule has 0 saturated carbocycles. The van der Waals surface area contributed by atoms with Crippen LogP contribution in [-0.4, -0.2) is 20.3 Å². The molecule has 0 unspecified atom stereocenters. The van der Waals surface area contributed by atoms with Gasteiger partial charge in [-0.05, 0) is 37.3 Å². The van der Waals surface area contributed by atoms with E-state index in [1.165, 1.54) is 23.5 Å². The smallest absolute Gasteiger partial charge is 0.296 e. The van der Waals surface area contributed by atoms with Crippen molar-refractivity contribution in [2.75, 3.05) is 11.5 Å². The Morgan fingerprint density at radius 3 is 1.65 bits per heavy atom. The molecule has 0 N–H and O–H groups in total. The molecule has 0 saturated heterocycles. The van der Waals surface area contributed by atoms with E-state index in [1.807, 2.05) is 0 Å². The predicted octanol–water partition coefficient (Wildman–Crippen LogP) is 5.22. The molecule has 7 heteroatoms. The number of thiocarbonyl (C=S) groups is 2. The Bertz CT molecular complexity index is 201. The molecular formula is C10H18O2S5. The molecule has 17 heavy (non-hydrogen) atoms. The maximum Gasteiger partial charge on any atom is 0.296 e. The van der Waals surface area contributed by atoms with Gasteiger partial charge >= 0.3 is 0 Å². The molecular weight excluding hydrogens is 312 g/mol. The largest absolute Gasteiger partial charge is 0.372 e. The molecule has 0 aromatic heterocycles. The molecule has 0 atom stereocenters. The lowest BCUT2D eigenvalue weighted by Gasteiger charge is -2.05. The number of thioether (sulfide) groups is 2. The molecule has 0 amide bonds. The van der Waals surface area contributed by atoms with Gasteiger partial charge in [-0.3, -0.25) is 0 Å². The topological polar surface area (TPSA) is 18.5 Å². The van der Waals surface area contributed by atoms with E-state index in [9.17, 15) is 0 Å². The molecule has 0 aromatic rings. The molecule has 2 nitrogen and oxygen atoms in total. The summed E-state index contributed by atoms with van der Waals surface area (Å²) in [4.78, 5) is 0. The Balaban J connectivity index is 3.36. The minimum atomic E-state index is 0.504. The van der Waals surface area contributed by atoms with Crippen LogP contribution in [0.5, 0.6) is 0 Å². The van der Waals surface area contributed by atoms with E-state index in [1.54, 1.807) is 0 Å². The van der Waals surface area contributed by atoms with Gasteiger partial charge in [0, 0.05) is 11.5 Å². The highest BCUT2D eigenvalue weighted by molar-refractivity contribution is 8.24. The number of rotatable bonds is 8. The molecule has 0 aliphatic rings. The van der Waals surface area contributed by atoms with Gasteiger partial charge in [0.05, 0.1) is 0 Å². The molecule has 0 aliphatic heterocycles. The average molecular weight is 331 g/mol. The molecule has 0 fully saturated rings. The fraction of sp³-hybridized carbons (Fsp3) is 0.800. The van der Waals surface area contributed by atoms with Crippen LogP contribution in [0, 0.1) is 0 Å². The summed E-state index contributed by atoms with van der Waals surface area (Å²) in [6, 6.07) is 0. The number of unbranched alkanes of at least 4 members (excludes halogenated alkanes) is 2. The second-order valence-corrected chi connectivity index (χ2v) is 7.00. The van der Waals surface area contributed by atoms with Crippen LogP contribution in [0.1, 0.15) is 39.5 Å². The Morgan fingerprint density at radius 2 is 1.29 bits per heavy atom. The molecule has 100 valence electrons. The fourth-order valence-corrected chi connectivity index (χ4v) is 3.28. The number of hydrogen-bond donors (Lipinski definition) is 0. The van der Waals surface area contributed by atoms with Crippen LogP contribution >= 0.6 is 60.3 Å². The quantitative estimate of drug-likeness (QED) is 0.340. The highest BCUT2D eigenvalue weighted by Crippen LogP contribution is 2.19. The summed E-state index contributed by atoms with van der Waals surface area (Å²) in [6.45, 7) is 4.29. The standard InChI is InChI=1S/C10H18O2S5/c1-3-5-7-15-9(13)11-17-12-10(14)16-8-6-4-2/h3-8H2,1-2H3. The first kappa shape index (κ1) is 17.8. The highest BCUT2D eigenvalue weighted by Gasteiger charge is 2.04. The van der Waals surface area contributed by atoms with Crippen molar-refractivity contribution in [2.24, 2.45) is 0 Å². The highest BCUT2D eigenvalue weighted by atomic mass is 32.2. The average Bonchev–Trinajstić information content (AvgIpc) is 2.30. The van der Waals surface area contributed by atoms with E-state index in [0.29, 0.717) is 8.77 Å². The normalized spacial score (nSPS) is 10.0. The van der Waals surface area contributed by atoms with Gasteiger partial charge in [0.2, 0.25) is 8.77 Å². The van der Waals surface area contributed by atoms with E-state index in [2.05, 4.69) is 13.8 Å². The van der Waals surface area contributed by atoms with Crippen molar-refractivity contribution in [1.82, 2.24) is 0 Å². The lowest BCUT2D eigenvalue weighted by atomic mass is 10.4. The molecule has 0 rings (SSSR count). The van der Waals surface area contributed by atoms with E-state index < -0.39 is 0 Å². The van der Waals surface area contributed by atoms with Gasteiger partial charge in [0.1, 0.15) is 0 Å². The van der Waals surface area contributed by atoms with Crippen LogP contribution in [0.3, 0.4) is 0 Å². The maximum absolute atomic E-state index is 5.15. The molecule has 0 aliphatic carbocycles. The first-order valence-electron chi connectivity index (χ1n) is 5.55. The Morgan fingerprint density at radius 1 is 0.882 bits per heavy atom. The molecule has 0 radical (unpaired) electrons. The van der Waals surface area contributed by atoms with Crippen molar-refractivity contribution in [3.63, 3.8) is 0 Å². The van der Waals surface area contributed by atoms with E-state index in [-0.39, 0.29) is 0 Å². The van der Waals surface area contributed by atoms with Crippen LogP contribution in [-0.2, 0) is 8.37 Å². The van der Waals surface area contributed by atoms with Crippen molar-refractivity contribution >= 4 is 69.0 Å². The van der Waals surface area contributed by atoms with E-state index >= 15 is 0 Å².